The second kappa shape index (κ2) is 6.76. The largest absolute Gasteiger partial charge is 0.341 e. The summed E-state index contributed by atoms with van der Waals surface area (Å²) >= 11 is 0. The highest BCUT2D eigenvalue weighted by atomic mass is 16.2. The summed E-state index contributed by atoms with van der Waals surface area (Å²) in [5, 5.41) is 2.87. The molecule has 25 heavy (non-hydrogen) atoms. The van der Waals surface area contributed by atoms with Crippen LogP contribution in [0.3, 0.4) is 0 Å². The van der Waals surface area contributed by atoms with Crippen LogP contribution in [0.2, 0.25) is 0 Å². The van der Waals surface area contributed by atoms with Crippen LogP contribution in [0.4, 0.5) is 4.79 Å². The lowest BCUT2D eigenvalue weighted by molar-refractivity contribution is -0.131. The number of carbonyl (C=O) groups excluding carboxylic acids is 3. The minimum atomic E-state index is -0.473. The fraction of sp³-hybridized carbons (Fsp3) is 0.294. The number of amides is 4. The molecule has 0 aliphatic carbocycles. The third-order valence-electron chi connectivity index (χ3n) is 4.09. The van der Waals surface area contributed by atoms with E-state index in [9.17, 15) is 14.4 Å². The number of nitrogens with zero attached hydrogens (tertiary/aromatic N) is 4. The van der Waals surface area contributed by atoms with Gasteiger partial charge in [0, 0.05) is 26.5 Å². The van der Waals surface area contributed by atoms with Gasteiger partial charge in [-0.15, -0.1) is 0 Å². The van der Waals surface area contributed by atoms with E-state index in [0.29, 0.717) is 5.82 Å². The number of imide groups is 1. The predicted octanol–water partition coefficient (Wildman–Crippen LogP) is 0.520. The van der Waals surface area contributed by atoms with E-state index in [1.54, 1.807) is 12.4 Å². The zero-order valence-electron chi connectivity index (χ0n) is 14.0. The molecule has 130 valence electrons. The number of likely N-dealkylation sites (N-methyl/N-ethyl adjacent to an activating group) is 1. The summed E-state index contributed by atoms with van der Waals surface area (Å²) < 4.78 is 1.82. The van der Waals surface area contributed by atoms with Crippen molar-refractivity contribution < 1.29 is 14.4 Å². The molecule has 1 aromatic heterocycles. The average molecular weight is 341 g/mol. The summed E-state index contributed by atoms with van der Waals surface area (Å²) in [4.78, 5) is 42.8. The molecule has 8 nitrogen and oxygen atoms in total. The molecule has 1 aromatic carbocycles. The van der Waals surface area contributed by atoms with Crippen LogP contribution in [0.1, 0.15) is 17.4 Å². The third-order valence-corrected chi connectivity index (χ3v) is 4.09. The monoisotopic (exact) mass is 341 g/mol. The molecule has 1 fully saturated rings. The van der Waals surface area contributed by atoms with Crippen molar-refractivity contribution in [2.24, 2.45) is 7.05 Å². The SMILES string of the molecule is CN1CC(=O)N(CC(=O)NC(c2ccccc2)c2nccn2C)C1=O. The van der Waals surface area contributed by atoms with Crippen molar-refractivity contribution in [3.05, 3.63) is 54.1 Å². The average Bonchev–Trinajstić information content (AvgIpc) is 3.12. The van der Waals surface area contributed by atoms with Crippen LogP contribution >= 0.6 is 0 Å². The molecule has 4 amide bonds. The Morgan fingerprint density at radius 2 is 1.96 bits per heavy atom. The van der Waals surface area contributed by atoms with Crippen LogP contribution in [0.25, 0.3) is 0 Å². The van der Waals surface area contributed by atoms with E-state index in [1.165, 1.54) is 11.9 Å². The Balaban J connectivity index is 1.79. The number of nitrogens with one attached hydrogen (secondary N) is 1. The van der Waals surface area contributed by atoms with Crippen molar-refractivity contribution in [2.45, 2.75) is 6.04 Å². The van der Waals surface area contributed by atoms with Gasteiger partial charge in [0.25, 0.3) is 5.91 Å². The second-order valence-corrected chi connectivity index (χ2v) is 5.93. The van der Waals surface area contributed by atoms with Gasteiger partial charge < -0.3 is 14.8 Å². The zero-order valence-corrected chi connectivity index (χ0v) is 14.0. The Labute approximate surface area is 145 Å². The quantitative estimate of drug-likeness (QED) is 0.803. The molecule has 0 saturated carbocycles. The van der Waals surface area contributed by atoms with Crippen LogP contribution in [0.15, 0.2) is 42.7 Å². The lowest BCUT2D eigenvalue weighted by Crippen LogP contribution is -2.42. The van der Waals surface area contributed by atoms with E-state index in [-0.39, 0.29) is 19.0 Å². The number of hydrogen-bond acceptors (Lipinski definition) is 4. The molecule has 3 rings (SSSR count). The molecule has 2 aromatic rings. The van der Waals surface area contributed by atoms with Gasteiger partial charge in [0.05, 0.1) is 0 Å². The normalized spacial score (nSPS) is 15.6. The van der Waals surface area contributed by atoms with E-state index >= 15 is 0 Å². The Morgan fingerprint density at radius 1 is 1.24 bits per heavy atom. The van der Waals surface area contributed by atoms with E-state index in [1.807, 2.05) is 41.9 Å². The lowest BCUT2D eigenvalue weighted by Gasteiger charge is -2.21. The molecule has 1 aliphatic rings. The smallest absolute Gasteiger partial charge is 0.327 e. The highest BCUT2D eigenvalue weighted by Gasteiger charge is 2.35. The summed E-state index contributed by atoms with van der Waals surface area (Å²) in [6.45, 7) is -0.316. The number of benzene rings is 1. The van der Waals surface area contributed by atoms with Gasteiger partial charge >= 0.3 is 6.03 Å². The fourth-order valence-corrected chi connectivity index (χ4v) is 2.77. The highest BCUT2D eigenvalue weighted by Crippen LogP contribution is 2.20. The minimum Gasteiger partial charge on any atom is -0.341 e. The summed E-state index contributed by atoms with van der Waals surface area (Å²) in [6.07, 6.45) is 3.44. The van der Waals surface area contributed by atoms with Crippen LogP contribution < -0.4 is 5.32 Å². The summed E-state index contributed by atoms with van der Waals surface area (Å²) in [5.74, 6) is -0.138. The summed E-state index contributed by atoms with van der Waals surface area (Å²) in [6, 6.07) is 8.48. The van der Waals surface area contributed by atoms with Gasteiger partial charge in [0.2, 0.25) is 5.91 Å². The molecule has 1 saturated heterocycles. The maximum atomic E-state index is 12.5. The summed E-state index contributed by atoms with van der Waals surface area (Å²) in [7, 11) is 3.37. The minimum absolute atomic E-state index is 0.00636. The second-order valence-electron chi connectivity index (χ2n) is 5.93. The molecule has 0 radical (unpaired) electrons. The standard InChI is InChI=1S/C17H19N5O3/c1-20-9-8-18-16(20)15(12-6-4-3-5-7-12)19-13(23)10-22-14(24)11-21(2)17(22)25/h3-9,15H,10-11H2,1-2H3,(H,19,23). The number of aromatic nitrogens is 2. The van der Waals surface area contributed by atoms with Gasteiger partial charge in [-0.3, -0.25) is 14.5 Å². The maximum absolute atomic E-state index is 12.5. The predicted molar refractivity (Wildman–Crippen MR) is 89.4 cm³/mol. The molecule has 1 aliphatic heterocycles. The molecule has 1 unspecified atom stereocenters. The van der Waals surface area contributed by atoms with E-state index in [0.717, 1.165) is 10.5 Å². The fourth-order valence-electron chi connectivity index (χ4n) is 2.77. The molecular formula is C17H19N5O3. The first-order valence-corrected chi connectivity index (χ1v) is 7.84. The van der Waals surface area contributed by atoms with Crippen LogP contribution in [-0.4, -0.2) is 57.3 Å². The Bertz CT molecular complexity index is 802. The Kier molecular flexibility index (Phi) is 4.51. The van der Waals surface area contributed by atoms with Gasteiger partial charge in [0.1, 0.15) is 25.0 Å². The van der Waals surface area contributed by atoms with Crippen LogP contribution in [-0.2, 0) is 16.6 Å². The molecule has 1 atom stereocenters. The van der Waals surface area contributed by atoms with Gasteiger partial charge in [-0.25, -0.2) is 9.78 Å². The topological polar surface area (TPSA) is 87.5 Å². The lowest BCUT2D eigenvalue weighted by atomic mass is 10.1. The molecule has 2 heterocycles. The number of rotatable bonds is 5. The van der Waals surface area contributed by atoms with Crippen LogP contribution in [0.5, 0.6) is 0 Å². The van der Waals surface area contributed by atoms with Gasteiger partial charge in [-0.05, 0) is 5.56 Å². The first-order valence-electron chi connectivity index (χ1n) is 7.84. The molecule has 0 bridgehead atoms. The van der Waals surface area contributed by atoms with Crippen molar-refractivity contribution in [1.82, 2.24) is 24.7 Å². The first-order chi connectivity index (χ1) is 12.0. The number of imidazole rings is 1. The van der Waals surface area contributed by atoms with Crippen molar-refractivity contribution in [2.75, 3.05) is 20.1 Å². The third kappa shape index (κ3) is 3.37. The van der Waals surface area contributed by atoms with E-state index < -0.39 is 18.0 Å². The van der Waals surface area contributed by atoms with E-state index in [4.69, 9.17) is 0 Å². The Hall–Kier alpha value is -3.16. The Morgan fingerprint density at radius 3 is 2.52 bits per heavy atom. The molecular weight excluding hydrogens is 322 g/mol. The summed E-state index contributed by atoms with van der Waals surface area (Å²) in [5.41, 5.74) is 0.862. The van der Waals surface area contributed by atoms with Gasteiger partial charge in [-0.1, -0.05) is 30.3 Å². The van der Waals surface area contributed by atoms with Crippen molar-refractivity contribution in [3.8, 4) is 0 Å². The molecule has 8 heteroatoms. The first kappa shape index (κ1) is 16.7. The number of carbonyl (C=O) groups is 3. The number of urea groups is 1. The molecule has 1 N–H and O–H groups in total. The van der Waals surface area contributed by atoms with Crippen LogP contribution in [0, 0.1) is 0 Å². The highest BCUT2D eigenvalue weighted by molar-refractivity contribution is 6.04. The van der Waals surface area contributed by atoms with E-state index in [2.05, 4.69) is 10.3 Å². The number of aryl methyl sites for hydroxylation is 1. The maximum Gasteiger partial charge on any atom is 0.327 e. The van der Waals surface area contributed by atoms with Crippen molar-refractivity contribution in [3.63, 3.8) is 0 Å². The molecule has 0 spiro atoms. The van der Waals surface area contributed by atoms with Gasteiger partial charge in [0.15, 0.2) is 0 Å². The van der Waals surface area contributed by atoms with Gasteiger partial charge in [-0.2, -0.15) is 0 Å². The zero-order chi connectivity index (χ0) is 18.0. The van der Waals surface area contributed by atoms with Crippen molar-refractivity contribution >= 4 is 17.8 Å². The number of hydrogen-bond donors (Lipinski definition) is 1. The van der Waals surface area contributed by atoms with Crippen molar-refractivity contribution in [1.29, 1.82) is 0 Å².